The molecule has 148 valence electrons. The van der Waals surface area contributed by atoms with Crippen molar-refractivity contribution in [3.8, 4) is 0 Å². The molecule has 0 spiro atoms. The second-order valence-electron chi connectivity index (χ2n) is 7.14. The molecule has 1 fully saturated rings. The first-order chi connectivity index (χ1) is 13.0. The summed E-state index contributed by atoms with van der Waals surface area (Å²) in [5.74, 6) is -1.84. The zero-order valence-electron chi connectivity index (χ0n) is 16.3. The van der Waals surface area contributed by atoms with Crippen molar-refractivity contribution in [2.24, 2.45) is 5.92 Å². The van der Waals surface area contributed by atoms with Crippen molar-refractivity contribution in [3.05, 3.63) is 35.9 Å². The summed E-state index contributed by atoms with van der Waals surface area (Å²) in [7, 11) is 0. The average molecular weight is 374 g/mol. The smallest absolute Gasteiger partial charge is 0.308 e. The normalized spacial score (nSPS) is 19.1. The molecular weight excluding hydrogens is 344 g/mol. The molecule has 0 aromatic heterocycles. The minimum Gasteiger partial charge on any atom is -0.481 e. The molecule has 1 aromatic carbocycles. The molecular formula is C21H30N2O4. The molecule has 0 radical (unpaired) electrons. The molecule has 6 heteroatoms. The van der Waals surface area contributed by atoms with Gasteiger partial charge >= 0.3 is 5.97 Å². The van der Waals surface area contributed by atoms with Crippen LogP contribution in [0, 0.1) is 5.92 Å². The Morgan fingerprint density at radius 2 is 1.67 bits per heavy atom. The van der Waals surface area contributed by atoms with Crippen LogP contribution >= 0.6 is 0 Å². The van der Waals surface area contributed by atoms with E-state index in [9.17, 15) is 19.5 Å². The topological polar surface area (TPSA) is 77.9 Å². The molecule has 0 saturated carbocycles. The van der Waals surface area contributed by atoms with Gasteiger partial charge in [-0.2, -0.15) is 0 Å². The number of benzene rings is 1. The summed E-state index contributed by atoms with van der Waals surface area (Å²) in [4.78, 5) is 40.0. The van der Waals surface area contributed by atoms with Crippen LogP contribution in [0.2, 0.25) is 0 Å². The number of carbonyl (C=O) groups excluding carboxylic acids is 2. The fraction of sp³-hybridized carbons (Fsp3) is 0.571. The molecule has 1 saturated heterocycles. The van der Waals surface area contributed by atoms with Crippen molar-refractivity contribution in [3.63, 3.8) is 0 Å². The van der Waals surface area contributed by atoms with E-state index in [4.69, 9.17) is 0 Å². The lowest BCUT2D eigenvalue weighted by Gasteiger charge is -2.22. The van der Waals surface area contributed by atoms with Gasteiger partial charge in [-0.3, -0.25) is 14.4 Å². The lowest BCUT2D eigenvalue weighted by atomic mass is 9.89. The highest BCUT2D eigenvalue weighted by atomic mass is 16.4. The Bertz CT molecular complexity index is 641. The van der Waals surface area contributed by atoms with Crippen molar-refractivity contribution in [1.29, 1.82) is 0 Å². The number of rotatable bonds is 9. The van der Waals surface area contributed by atoms with E-state index in [0.29, 0.717) is 19.6 Å². The number of nitrogens with zero attached hydrogens (tertiary/aromatic N) is 2. The highest BCUT2D eigenvalue weighted by Gasteiger charge is 2.40. The third-order valence-electron chi connectivity index (χ3n) is 5.11. The van der Waals surface area contributed by atoms with Crippen LogP contribution < -0.4 is 0 Å². The van der Waals surface area contributed by atoms with Crippen LogP contribution in [0.4, 0.5) is 0 Å². The predicted octanol–water partition coefficient (Wildman–Crippen LogP) is 2.74. The van der Waals surface area contributed by atoms with Gasteiger partial charge in [0.15, 0.2) is 0 Å². The number of carboxylic acids is 1. The highest BCUT2D eigenvalue weighted by Crippen LogP contribution is 2.33. The Kier molecular flexibility index (Phi) is 7.82. The van der Waals surface area contributed by atoms with E-state index in [0.717, 1.165) is 18.4 Å². The summed E-state index contributed by atoms with van der Waals surface area (Å²) < 4.78 is 0. The van der Waals surface area contributed by atoms with Crippen molar-refractivity contribution >= 4 is 17.8 Å². The maximum Gasteiger partial charge on any atom is 0.308 e. The summed E-state index contributed by atoms with van der Waals surface area (Å²) in [6, 6.07) is 9.47. The number of carboxylic acid groups (broad SMARTS) is 1. The van der Waals surface area contributed by atoms with Crippen LogP contribution in [0.15, 0.2) is 30.3 Å². The largest absolute Gasteiger partial charge is 0.481 e. The second kappa shape index (κ2) is 10.1. The molecule has 0 unspecified atom stereocenters. The summed E-state index contributed by atoms with van der Waals surface area (Å²) in [5.41, 5.74) is 0.938. The fourth-order valence-corrected chi connectivity index (χ4v) is 3.73. The minimum absolute atomic E-state index is 0.000593. The van der Waals surface area contributed by atoms with E-state index < -0.39 is 11.9 Å². The number of likely N-dealkylation sites (tertiary alicyclic amines) is 1. The van der Waals surface area contributed by atoms with E-state index >= 15 is 0 Å². The van der Waals surface area contributed by atoms with Crippen LogP contribution in [0.5, 0.6) is 0 Å². The van der Waals surface area contributed by atoms with Gasteiger partial charge in [0.05, 0.1) is 5.92 Å². The maximum atomic E-state index is 12.6. The van der Waals surface area contributed by atoms with E-state index in [-0.39, 0.29) is 37.1 Å². The maximum absolute atomic E-state index is 12.6. The first kappa shape index (κ1) is 20.9. The predicted molar refractivity (Wildman–Crippen MR) is 103 cm³/mol. The molecule has 1 heterocycles. The fourth-order valence-electron chi connectivity index (χ4n) is 3.73. The Morgan fingerprint density at radius 3 is 2.22 bits per heavy atom. The van der Waals surface area contributed by atoms with E-state index in [2.05, 4.69) is 0 Å². The first-order valence-corrected chi connectivity index (χ1v) is 9.81. The van der Waals surface area contributed by atoms with Crippen LogP contribution in [0.25, 0.3) is 0 Å². The molecule has 2 atom stereocenters. The molecule has 27 heavy (non-hydrogen) atoms. The third-order valence-corrected chi connectivity index (χ3v) is 5.11. The van der Waals surface area contributed by atoms with Crippen LogP contribution in [0.3, 0.4) is 0 Å². The summed E-state index contributed by atoms with van der Waals surface area (Å²) in [6.07, 6.45) is 2.11. The van der Waals surface area contributed by atoms with Gasteiger partial charge in [-0.1, -0.05) is 44.2 Å². The Hall–Kier alpha value is -2.37. The van der Waals surface area contributed by atoms with Gasteiger partial charge in [-0.15, -0.1) is 0 Å². The van der Waals surface area contributed by atoms with Gasteiger partial charge in [0.1, 0.15) is 0 Å². The van der Waals surface area contributed by atoms with Gasteiger partial charge < -0.3 is 14.9 Å². The zero-order valence-corrected chi connectivity index (χ0v) is 16.3. The third kappa shape index (κ3) is 5.55. The lowest BCUT2D eigenvalue weighted by molar-refractivity contribution is -0.142. The number of aliphatic carboxylic acids is 1. The van der Waals surface area contributed by atoms with E-state index in [1.165, 1.54) is 0 Å². The molecule has 1 aliphatic rings. The van der Waals surface area contributed by atoms with Crippen molar-refractivity contribution in [2.45, 2.75) is 45.4 Å². The highest BCUT2D eigenvalue weighted by molar-refractivity contribution is 5.85. The number of carbonyl (C=O) groups is 3. The molecule has 6 nitrogen and oxygen atoms in total. The number of amides is 2. The summed E-state index contributed by atoms with van der Waals surface area (Å²) in [6.45, 7) is 6.07. The van der Waals surface area contributed by atoms with E-state index in [1.54, 1.807) is 4.90 Å². The van der Waals surface area contributed by atoms with Gasteiger partial charge in [0, 0.05) is 44.9 Å². The monoisotopic (exact) mass is 374 g/mol. The molecule has 1 aromatic rings. The summed E-state index contributed by atoms with van der Waals surface area (Å²) in [5, 5.41) is 9.55. The van der Waals surface area contributed by atoms with Gasteiger partial charge in [-0.25, -0.2) is 0 Å². The molecule has 2 rings (SSSR count). The second-order valence-corrected chi connectivity index (χ2v) is 7.14. The minimum atomic E-state index is -0.882. The Labute approximate surface area is 161 Å². The Morgan fingerprint density at radius 1 is 1.04 bits per heavy atom. The van der Waals surface area contributed by atoms with Crippen molar-refractivity contribution in [2.75, 3.05) is 26.2 Å². The average Bonchev–Trinajstić information content (AvgIpc) is 3.12. The quantitative estimate of drug-likeness (QED) is 0.721. The van der Waals surface area contributed by atoms with Crippen molar-refractivity contribution in [1.82, 2.24) is 9.80 Å². The first-order valence-electron chi connectivity index (χ1n) is 9.81. The van der Waals surface area contributed by atoms with Crippen LogP contribution in [0.1, 0.15) is 51.0 Å². The van der Waals surface area contributed by atoms with Crippen LogP contribution in [-0.4, -0.2) is 58.9 Å². The SMILES string of the molecule is CCCN(CCC)C(=O)CCC(=O)N1C[C@H](C(=O)O)[C@H](c2ccccc2)C1. The lowest BCUT2D eigenvalue weighted by Crippen LogP contribution is -2.34. The number of hydrogen-bond donors (Lipinski definition) is 1. The molecule has 2 amide bonds. The van der Waals surface area contributed by atoms with Crippen LogP contribution in [-0.2, 0) is 14.4 Å². The molecule has 0 aliphatic carbocycles. The van der Waals surface area contributed by atoms with Gasteiger partial charge in [0.2, 0.25) is 11.8 Å². The molecule has 1 aliphatic heterocycles. The van der Waals surface area contributed by atoms with Crippen molar-refractivity contribution < 1.29 is 19.5 Å². The molecule has 1 N–H and O–H groups in total. The van der Waals surface area contributed by atoms with Gasteiger partial charge in [-0.05, 0) is 18.4 Å². The molecule has 0 bridgehead atoms. The van der Waals surface area contributed by atoms with E-state index in [1.807, 2.05) is 49.1 Å². The Balaban J connectivity index is 1.96. The van der Waals surface area contributed by atoms with Gasteiger partial charge in [0.25, 0.3) is 0 Å². The zero-order chi connectivity index (χ0) is 19.8. The summed E-state index contributed by atoms with van der Waals surface area (Å²) >= 11 is 0. The number of hydrogen-bond acceptors (Lipinski definition) is 3. The standard InChI is InChI=1S/C21H30N2O4/c1-3-12-22(13-4-2)19(24)10-11-20(25)23-14-17(18(15-23)21(26)27)16-8-6-5-7-9-16/h5-9,17-18H,3-4,10-15H2,1-2H3,(H,26,27)/t17-,18-/m0/s1.